The first kappa shape index (κ1) is 11.6. The van der Waals surface area contributed by atoms with E-state index in [4.69, 9.17) is 9.84 Å². The molecule has 0 amide bonds. The maximum absolute atomic E-state index is 9.09. The first-order valence-corrected chi connectivity index (χ1v) is 5.64. The third-order valence-electron chi connectivity index (χ3n) is 2.97. The lowest BCUT2D eigenvalue weighted by atomic mass is 10.2. The molecule has 0 spiro atoms. The topological polar surface area (TPSA) is 50.5 Å². The molecule has 0 aromatic carbocycles. The van der Waals surface area contributed by atoms with Crippen LogP contribution in [-0.4, -0.2) is 51.7 Å². The largest absolute Gasteiger partial charge is 0.394 e. The Morgan fingerprint density at radius 2 is 2.44 bits per heavy atom. The minimum atomic E-state index is -0.0556. The van der Waals surface area contributed by atoms with Crippen molar-refractivity contribution in [1.29, 1.82) is 0 Å². The van der Waals surface area contributed by atoms with Gasteiger partial charge in [-0.05, 0) is 13.0 Å². The Balaban J connectivity index is 1.96. The van der Waals surface area contributed by atoms with Gasteiger partial charge in [0.25, 0.3) is 0 Å². The Bertz CT molecular complexity index is 340. The van der Waals surface area contributed by atoms with E-state index in [0.717, 1.165) is 18.8 Å². The summed E-state index contributed by atoms with van der Waals surface area (Å²) >= 11 is 0. The van der Waals surface area contributed by atoms with Crippen LogP contribution in [0, 0.1) is 0 Å². The molecule has 1 aliphatic rings. The standard InChI is InChI=1S/C11H19N3O2/c1-9-8-16-11(7-15)6-14(9)5-10-3-4-13(2)12-10/h3-4,9,11,15H,5-8H2,1-2H3. The highest BCUT2D eigenvalue weighted by Crippen LogP contribution is 2.14. The molecule has 0 bridgehead atoms. The fourth-order valence-electron chi connectivity index (χ4n) is 1.96. The average molecular weight is 225 g/mol. The van der Waals surface area contributed by atoms with E-state index in [9.17, 15) is 0 Å². The molecule has 2 unspecified atom stereocenters. The van der Waals surface area contributed by atoms with E-state index in [0.29, 0.717) is 12.6 Å². The van der Waals surface area contributed by atoms with E-state index >= 15 is 0 Å². The zero-order valence-corrected chi connectivity index (χ0v) is 9.83. The summed E-state index contributed by atoms with van der Waals surface area (Å²) < 4.78 is 7.30. The van der Waals surface area contributed by atoms with Gasteiger partial charge in [0.1, 0.15) is 0 Å². The highest BCUT2D eigenvalue weighted by Gasteiger charge is 2.25. The number of hydrogen-bond donors (Lipinski definition) is 1. The first-order valence-electron chi connectivity index (χ1n) is 5.64. The summed E-state index contributed by atoms with van der Waals surface area (Å²) in [6, 6.07) is 2.40. The maximum Gasteiger partial charge on any atom is 0.0933 e. The Morgan fingerprint density at radius 3 is 3.06 bits per heavy atom. The monoisotopic (exact) mass is 225 g/mol. The average Bonchev–Trinajstić information content (AvgIpc) is 2.67. The highest BCUT2D eigenvalue weighted by molar-refractivity contribution is 4.99. The van der Waals surface area contributed by atoms with E-state index in [-0.39, 0.29) is 12.7 Å². The van der Waals surface area contributed by atoms with Crippen molar-refractivity contribution in [3.8, 4) is 0 Å². The molecule has 1 aromatic heterocycles. The maximum atomic E-state index is 9.09. The Morgan fingerprint density at radius 1 is 1.62 bits per heavy atom. The summed E-state index contributed by atoms with van der Waals surface area (Å²) in [4.78, 5) is 2.30. The Kier molecular flexibility index (Phi) is 3.58. The van der Waals surface area contributed by atoms with Crippen molar-refractivity contribution in [3.63, 3.8) is 0 Å². The molecule has 1 aromatic rings. The Hall–Kier alpha value is -0.910. The minimum Gasteiger partial charge on any atom is -0.394 e. The number of nitrogens with zero attached hydrogens (tertiary/aromatic N) is 3. The lowest BCUT2D eigenvalue weighted by Crippen LogP contribution is -2.48. The normalized spacial score (nSPS) is 27.2. The molecule has 1 aliphatic heterocycles. The van der Waals surface area contributed by atoms with Crippen LogP contribution in [0.25, 0.3) is 0 Å². The summed E-state index contributed by atoms with van der Waals surface area (Å²) in [5.41, 5.74) is 1.06. The van der Waals surface area contributed by atoms with Gasteiger partial charge in [0.05, 0.1) is 25.0 Å². The molecule has 2 atom stereocenters. The molecule has 2 rings (SSSR count). The van der Waals surface area contributed by atoms with Crippen LogP contribution in [0.5, 0.6) is 0 Å². The van der Waals surface area contributed by atoms with E-state index in [1.54, 1.807) is 0 Å². The number of hydrogen-bond acceptors (Lipinski definition) is 4. The van der Waals surface area contributed by atoms with Crippen molar-refractivity contribution < 1.29 is 9.84 Å². The van der Waals surface area contributed by atoms with E-state index in [2.05, 4.69) is 16.9 Å². The molecule has 5 nitrogen and oxygen atoms in total. The predicted molar refractivity (Wildman–Crippen MR) is 59.9 cm³/mol. The number of ether oxygens (including phenoxy) is 1. The van der Waals surface area contributed by atoms with Crippen molar-refractivity contribution in [2.45, 2.75) is 25.6 Å². The molecule has 2 heterocycles. The summed E-state index contributed by atoms with van der Waals surface area (Å²) in [7, 11) is 1.92. The van der Waals surface area contributed by atoms with Crippen LogP contribution < -0.4 is 0 Å². The third-order valence-corrected chi connectivity index (χ3v) is 2.97. The SMILES string of the molecule is CC1COC(CO)CN1Cc1ccn(C)n1. The summed E-state index contributed by atoms with van der Waals surface area (Å²) in [5, 5.41) is 13.5. The van der Waals surface area contributed by atoms with Gasteiger partial charge >= 0.3 is 0 Å². The van der Waals surface area contributed by atoms with Gasteiger partial charge in [0.2, 0.25) is 0 Å². The van der Waals surface area contributed by atoms with Gasteiger partial charge in [-0.3, -0.25) is 9.58 Å². The quantitative estimate of drug-likeness (QED) is 0.787. The number of aromatic nitrogens is 2. The number of rotatable bonds is 3. The summed E-state index contributed by atoms with van der Waals surface area (Å²) in [6.45, 7) is 4.50. The second-order valence-electron chi connectivity index (χ2n) is 4.40. The van der Waals surface area contributed by atoms with Crippen LogP contribution in [0.4, 0.5) is 0 Å². The molecule has 90 valence electrons. The van der Waals surface area contributed by atoms with Crippen molar-refractivity contribution >= 4 is 0 Å². The molecule has 1 N–H and O–H groups in total. The van der Waals surface area contributed by atoms with E-state index in [1.165, 1.54) is 0 Å². The van der Waals surface area contributed by atoms with Gasteiger partial charge in [-0.15, -0.1) is 0 Å². The molecule has 0 aliphatic carbocycles. The van der Waals surface area contributed by atoms with Crippen LogP contribution in [0.3, 0.4) is 0 Å². The zero-order valence-electron chi connectivity index (χ0n) is 9.83. The van der Waals surface area contributed by atoms with Crippen molar-refractivity contribution in [1.82, 2.24) is 14.7 Å². The molecule has 16 heavy (non-hydrogen) atoms. The predicted octanol–water partition coefficient (Wildman–Crippen LogP) is 0.00170. The van der Waals surface area contributed by atoms with E-state index in [1.807, 2.05) is 24.0 Å². The smallest absolute Gasteiger partial charge is 0.0933 e. The summed E-state index contributed by atoms with van der Waals surface area (Å²) in [6.07, 6.45) is 1.89. The minimum absolute atomic E-state index is 0.0556. The lowest BCUT2D eigenvalue weighted by molar-refractivity contribution is -0.0808. The van der Waals surface area contributed by atoms with Gasteiger partial charge in [-0.25, -0.2) is 0 Å². The zero-order chi connectivity index (χ0) is 11.5. The van der Waals surface area contributed by atoms with Crippen molar-refractivity contribution in [2.75, 3.05) is 19.8 Å². The van der Waals surface area contributed by atoms with Crippen LogP contribution in [0.1, 0.15) is 12.6 Å². The molecular formula is C11H19N3O2. The van der Waals surface area contributed by atoms with E-state index < -0.39 is 0 Å². The molecule has 1 saturated heterocycles. The van der Waals surface area contributed by atoms with Crippen molar-refractivity contribution in [2.24, 2.45) is 7.05 Å². The fraction of sp³-hybridized carbons (Fsp3) is 0.727. The van der Waals surface area contributed by atoms with Gasteiger partial charge in [0, 0.05) is 32.4 Å². The van der Waals surface area contributed by atoms with Gasteiger partial charge in [0.15, 0.2) is 0 Å². The van der Waals surface area contributed by atoms with Crippen molar-refractivity contribution in [3.05, 3.63) is 18.0 Å². The second-order valence-corrected chi connectivity index (χ2v) is 4.40. The number of aliphatic hydroxyl groups is 1. The number of aryl methyl sites for hydroxylation is 1. The highest BCUT2D eigenvalue weighted by atomic mass is 16.5. The first-order chi connectivity index (χ1) is 7.69. The van der Waals surface area contributed by atoms with Crippen LogP contribution >= 0.6 is 0 Å². The second kappa shape index (κ2) is 4.95. The van der Waals surface area contributed by atoms with Gasteiger partial charge in [-0.2, -0.15) is 5.10 Å². The van der Waals surface area contributed by atoms with Crippen LogP contribution in [0.2, 0.25) is 0 Å². The van der Waals surface area contributed by atoms with Gasteiger partial charge < -0.3 is 9.84 Å². The molecule has 0 saturated carbocycles. The Labute approximate surface area is 95.6 Å². The van der Waals surface area contributed by atoms with Crippen LogP contribution in [-0.2, 0) is 18.3 Å². The molecule has 5 heteroatoms. The van der Waals surface area contributed by atoms with Crippen LogP contribution in [0.15, 0.2) is 12.3 Å². The van der Waals surface area contributed by atoms with Gasteiger partial charge in [-0.1, -0.05) is 0 Å². The molecular weight excluding hydrogens is 206 g/mol. The number of morpholine rings is 1. The molecule has 0 radical (unpaired) electrons. The summed E-state index contributed by atoms with van der Waals surface area (Å²) in [5.74, 6) is 0. The lowest BCUT2D eigenvalue weighted by Gasteiger charge is -2.36. The fourth-order valence-corrected chi connectivity index (χ4v) is 1.96. The molecule has 1 fully saturated rings. The third kappa shape index (κ3) is 2.61. The number of aliphatic hydroxyl groups excluding tert-OH is 1.